The van der Waals surface area contributed by atoms with Gasteiger partial charge in [-0.3, -0.25) is 4.68 Å². The minimum atomic E-state index is 0.166. The third-order valence-electron chi connectivity index (χ3n) is 4.25. The summed E-state index contributed by atoms with van der Waals surface area (Å²) in [5.74, 6) is 0.510. The van der Waals surface area contributed by atoms with Gasteiger partial charge in [-0.05, 0) is 33.3 Å². The molecule has 1 N–H and O–H groups in total. The number of thiazole rings is 1. The molecule has 5 nitrogen and oxygen atoms in total. The zero-order valence-electron chi connectivity index (χ0n) is 13.5. The molecule has 3 rings (SSSR count). The maximum absolute atomic E-state index is 5.97. The molecule has 0 amide bonds. The van der Waals surface area contributed by atoms with E-state index in [4.69, 9.17) is 4.74 Å². The molecule has 0 radical (unpaired) electrons. The monoisotopic (exact) mass is 320 g/mol. The summed E-state index contributed by atoms with van der Waals surface area (Å²) in [5.41, 5.74) is 2.36. The minimum Gasteiger partial charge on any atom is -0.372 e. The van der Waals surface area contributed by atoms with Crippen LogP contribution >= 0.6 is 11.3 Å². The topological polar surface area (TPSA) is 52.0 Å². The van der Waals surface area contributed by atoms with Crippen molar-refractivity contribution < 1.29 is 4.74 Å². The Morgan fingerprint density at radius 1 is 1.45 bits per heavy atom. The van der Waals surface area contributed by atoms with E-state index in [0.29, 0.717) is 5.92 Å². The van der Waals surface area contributed by atoms with Crippen molar-refractivity contribution in [3.63, 3.8) is 0 Å². The van der Waals surface area contributed by atoms with Crippen molar-refractivity contribution in [1.82, 2.24) is 20.1 Å². The van der Waals surface area contributed by atoms with E-state index in [-0.39, 0.29) is 6.10 Å². The highest BCUT2D eigenvalue weighted by Crippen LogP contribution is 2.34. The smallest absolute Gasteiger partial charge is 0.103 e. The first-order chi connectivity index (χ1) is 10.7. The molecular formula is C16H24N4OS. The lowest BCUT2D eigenvalue weighted by Crippen LogP contribution is -2.25. The second kappa shape index (κ2) is 6.89. The number of rotatable bonds is 6. The van der Waals surface area contributed by atoms with E-state index >= 15 is 0 Å². The Balaban J connectivity index is 1.59. The minimum absolute atomic E-state index is 0.166. The molecule has 0 spiro atoms. The van der Waals surface area contributed by atoms with Crippen molar-refractivity contribution in [2.45, 2.75) is 46.4 Å². The van der Waals surface area contributed by atoms with Gasteiger partial charge in [-0.25, -0.2) is 4.98 Å². The lowest BCUT2D eigenvalue weighted by Gasteiger charge is -2.20. The summed E-state index contributed by atoms with van der Waals surface area (Å²) in [6.45, 7) is 9.86. The van der Waals surface area contributed by atoms with Crippen molar-refractivity contribution in [3.8, 4) is 0 Å². The molecule has 2 aromatic rings. The Morgan fingerprint density at radius 2 is 2.32 bits per heavy atom. The van der Waals surface area contributed by atoms with E-state index in [1.54, 1.807) is 11.3 Å². The molecule has 2 aromatic heterocycles. The molecule has 1 fully saturated rings. The largest absolute Gasteiger partial charge is 0.372 e. The first-order valence-corrected chi connectivity index (χ1v) is 8.77. The molecule has 1 aliphatic rings. The Bertz CT molecular complexity index is 621. The number of aryl methyl sites for hydroxylation is 3. The van der Waals surface area contributed by atoms with E-state index in [1.807, 2.05) is 10.9 Å². The molecule has 0 aromatic carbocycles. The maximum atomic E-state index is 5.97. The Hall–Kier alpha value is -1.24. The standard InChI is InChI=1S/C16H24N4OS/c1-4-20-14(5-7-18-20)16-13(6-8-21-16)9-17-10-15-11(2)19-12(3)22-15/h5,7,13,16-17H,4,6,8-10H2,1-3H3/t13-,16+/m0/s1. The molecule has 0 saturated carbocycles. The molecule has 1 aliphatic heterocycles. The van der Waals surface area contributed by atoms with E-state index in [1.165, 1.54) is 10.6 Å². The van der Waals surface area contributed by atoms with E-state index < -0.39 is 0 Å². The number of aromatic nitrogens is 3. The molecular weight excluding hydrogens is 296 g/mol. The zero-order chi connectivity index (χ0) is 15.5. The lowest BCUT2D eigenvalue weighted by molar-refractivity contribution is 0.0830. The van der Waals surface area contributed by atoms with Crippen LogP contribution in [0, 0.1) is 19.8 Å². The molecule has 1 saturated heterocycles. The van der Waals surface area contributed by atoms with Crippen molar-refractivity contribution in [3.05, 3.63) is 33.5 Å². The summed E-state index contributed by atoms with van der Waals surface area (Å²) >= 11 is 1.78. The quantitative estimate of drug-likeness (QED) is 0.889. The fraction of sp³-hybridized carbons (Fsp3) is 0.625. The van der Waals surface area contributed by atoms with Gasteiger partial charge in [0.05, 0.1) is 16.4 Å². The molecule has 0 bridgehead atoms. The summed E-state index contributed by atoms with van der Waals surface area (Å²) in [4.78, 5) is 5.82. The second-order valence-electron chi connectivity index (χ2n) is 5.78. The van der Waals surface area contributed by atoms with Gasteiger partial charge in [-0.1, -0.05) is 0 Å². The zero-order valence-corrected chi connectivity index (χ0v) is 14.3. The Kier molecular flexibility index (Phi) is 4.90. The molecule has 2 atom stereocenters. The van der Waals surface area contributed by atoms with Crippen LogP contribution in [0.3, 0.4) is 0 Å². The van der Waals surface area contributed by atoms with Crippen LogP contribution in [0.15, 0.2) is 12.3 Å². The third-order valence-corrected chi connectivity index (χ3v) is 5.32. The highest BCUT2D eigenvalue weighted by Gasteiger charge is 2.31. The highest BCUT2D eigenvalue weighted by atomic mass is 32.1. The first kappa shape index (κ1) is 15.6. The van der Waals surface area contributed by atoms with Crippen LogP contribution in [0.5, 0.6) is 0 Å². The molecule has 3 heterocycles. The summed E-state index contributed by atoms with van der Waals surface area (Å²) in [6.07, 6.45) is 3.14. The first-order valence-electron chi connectivity index (χ1n) is 7.96. The molecule has 120 valence electrons. The predicted molar refractivity (Wildman–Crippen MR) is 88.0 cm³/mol. The molecule has 6 heteroatoms. The summed E-state index contributed by atoms with van der Waals surface area (Å²) < 4.78 is 8.01. The average Bonchev–Trinajstić information content (AvgIpc) is 3.19. The van der Waals surface area contributed by atoms with Crippen molar-refractivity contribution in [1.29, 1.82) is 0 Å². The van der Waals surface area contributed by atoms with Gasteiger partial charge in [0.2, 0.25) is 0 Å². The van der Waals surface area contributed by atoms with Gasteiger partial charge >= 0.3 is 0 Å². The summed E-state index contributed by atoms with van der Waals surface area (Å²) in [6, 6.07) is 2.09. The van der Waals surface area contributed by atoms with Gasteiger partial charge in [-0.15, -0.1) is 11.3 Å². The van der Waals surface area contributed by atoms with Gasteiger partial charge in [0.25, 0.3) is 0 Å². The van der Waals surface area contributed by atoms with Crippen molar-refractivity contribution >= 4 is 11.3 Å². The predicted octanol–water partition coefficient (Wildman–Crippen LogP) is 2.84. The molecule has 0 unspecified atom stereocenters. The van der Waals surface area contributed by atoms with Crippen LogP contribution in [-0.4, -0.2) is 27.9 Å². The second-order valence-corrected chi connectivity index (χ2v) is 7.07. The van der Waals surface area contributed by atoms with Gasteiger partial charge in [0, 0.05) is 43.2 Å². The Labute approximate surface area is 135 Å². The molecule has 22 heavy (non-hydrogen) atoms. The maximum Gasteiger partial charge on any atom is 0.103 e. The van der Waals surface area contributed by atoms with E-state index in [2.05, 4.69) is 42.2 Å². The van der Waals surface area contributed by atoms with E-state index in [0.717, 1.165) is 43.4 Å². The summed E-state index contributed by atoms with van der Waals surface area (Å²) in [7, 11) is 0. The van der Waals surface area contributed by atoms with E-state index in [9.17, 15) is 0 Å². The normalized spacial score (nSPS) is 21.6. The van der Waals surface area contributed by atoms with Crippen LogP contribution in [0.1, 0.15) is 40.7 Å². The van der Waals surface area contributed by atoms with Crippen LogP contribution in [0.2, 0.25) is 0 Å². The Morgan fingerprint density at radius 3 is 3.05 bits per heavy atom. The van der Waals surface area contributed by atoms with Gasteiger partial charge < -0.3 is 10.1 Å². The van der Waals surface area contributed by atoms with Gasteiger partial charge in [0.1, 0.15) is 6.10 Å². The van der Waals surface area contributed by atoms with Gasteiger partial charge in [-0.2, -0.15) is 5.10 Å². The number of ether oxygens (including phenoxy) is 1. The third kappa shape index (κ3) is 3.24. The van der Waals surface area contributed by atoms with Crippen LogP contribution in [0.4, 0.5) is 0 Å². The fourth-order valence-electron chi connectivity index (χ4n) is 3.13. The average molecular weight is 320 g/mol. The SMILES string of the molecule is CCn1nccc1[C@@H]1OCC[C@H]1CNCc1sc(C)nc1C. The fourth-order valence-corrected chi connectivity index (χ4v) is 4.03. The van der Waals surface area contributed by atoms with Crippen LogP contribution in [0.25, 0.3) is 0 Å². The lowest BCUT2D eigenvalue weighted by atomic mass is 9.99. The van der Waals surface area contributed by atoms with Crippen LogP contribution in [-0.2, 0) is 17.8 Å². The van der Waals surface area contributed by atoms with Gasteiger partial charge in [0.15, 0.2) is 0 Å². The number of hydrogen-bond acceptors (Lipinski definition) is 5. The molecule has 0 aliphatic carbocycles. The van der Waals surface area contributed by atoms with Crippen LogP contribution < -0.4 is 5.32 Å². The highest BCUT2D eigenvalue weighted by molar-refractivity contribution is 7.11. The summed E-state index contributed by atoms with van der Waals surface area (Å²) in [5, 5.41) is 9.10. The van der Waals surface area contributed by atoms with Crippen molar-refractivity contribution in [2.24, 2.45) is 5.92 Å². The number of nitrogens with one attached hydrogen (secondary N) is 1. The van der Waals surface area contributed by atoms with Crippen molar-refractivity contribution in [2.75, 3.05) is 13.2 Å². The number of hydrogen-bond donors (Lipinski definition) is 1. The number of nitrogens with zero attached hydrogens (tertiary/aromatic N) is 3.